The lowest BCUT2D eigenvalue weighted by Gasteiger charge is -2.26. The molecule has 0 spiro atoms. The Morgan fingerprint density at radius 1 is 1.04 bits per heavy atom. The number of carbonyl (C=O) groups excluding carboxylic acids is 4. The van der Waals surface area contributed by atoms with Crippen LogP contribution in [0.2, 0.25) is 0 Å². The molecule has 1 aliphatic heterocycles. The number of nitrogens with two attached hydrogens (primary N) is 1. The fourth-order valence-electron chi connectivity index (χ4n) is 2.62. The zero-order chi connectivity index (χ0) is 18.0. The SMILES string of the molecule is NC(=O)c1ccc(NC(=O)CN2C(=O)Cc3ccccc3C2=O)cc1. The number of hydrogen-bond acceptors (Lipinski definition) is 4. The smallest absolute Gasteiger partial charge is 0.261 e. The molecule has 1 heterocycles. The minimum atomic E-state index is -0.568. The molecule has 0 saturated heterocycles. The van der Waals surface area contributed by atoms with Crippen molar-refractivity contribution in [1.82, 2.24) is 4.90 Å². The van der Waals surface area contributed by atoms with E-state index >= 15 is 0 Å². The third-order valence-electron chi connectivity index (χ3n) is 3.89. The molecule has 0 unspecified atom stereocenters. The van der Waals surface area contributed by atoms with Crippen LogP contribution in [0.4, 0.5) is 5.69 Å². The van der Waals surface area contributed by atoms with Gasteiger partial charge >= 0.3 is 0 Å². The first kappa shape index (κ1) is 16.4. The summed E-state index contributed by atoms with van der Waals surface area (Å²) in [6.07, 6.45) is 0.0858. The van der Waals surface area contributed by atoms with E-state index in [0.717, 1.165) is 4.90 Å². The molecule has 7 heteroatoms. The summed E-state index contributed by atoms with van der Waals surface area (Å²) >= 11 is 0. The van der Waals surface area contributed by atoms with Crippen LogP contribution < -0.4 is 11.1 Å². The molecule has 0 aromatic heterocycles. The van der Waals surface area contributed by atoms with Gasteiger partial charge < -0.3 is 11.1 Å². The maximum absolute atomic E-state index is 12.4. The number of amides is 4. The highest BCUT2D eigenvalue weighted by Gasteiger charge is 2.31. The maximum Gasteiger partial charge on any atom is 0.261 e. The summed E-state index contributed by atoms with van der Waals surface area (Å²) in [4.78, 5) is 48.7. The summed E-state index contributed by atoms with van der Waals surface area (Å²) in [6.45, 7) is -0.371. The molecular weight excluding hydrogens is 322 g/mol. The number of rotatable bonds is 4. The van der Waals surface area contributed by atoms with Crippen LogP contribution in [-0.4, -0.2) is 35.1 Å². The lowest BCUT2D eigenvalue weighted by atomic mass is 9.98. The molecular formula is C18H15N3O4. The second-order valence-corrected chi connectivity index (χ2v) is 5.61. The Hall–Kier alpha value is -3.48. The van der Waals surface area contributed by atoms with Gasteiger partial charge in [-0.15, -0.1) is 0 Å². The van der Waals surface area contributed by atoms with Crippen molar-refractivity contribution in [3.63, 3.8) is 0 Å². The monoisotopic (exact) mass is 337 g/mol. The molecule has 0 bridgehead atoms. The Kier molecular flexibility index (Phi) is 4.30. The van der Waals surface area contributed by atoms with Gasteiger partial charge in [-0.2, -0.15) is 0 Å². The number of imide groups is 1. The summed E-state index contributed by atoms with van der Waals surface area (Å²) in [6, 6.07) is 12.8. The lowest BCUT2D eigenvalue weighted by molar-refractivity contribution is -0.131. The molecule has 0 saturated carbocycles. The Morgan fingerprint density at radius 2 is 1.72 bits per heavy atom. The van der Waals surface area contributed by atoms with Crippen LogP contribution >= 0.6 is 0 Å². The normalized spacial score (nSPS) is 13.4. The standard InChI is InChI=1S/C18H15N3O4/c19-17(24)11-5-7-13(8-6-11)20-15(22)10-21-16(23)9-12-3-1-2-4-14(12)18(21)25/h1-8H,9-10H2,(H2,19,24)(H,20,22). The van der Waals surface area contributed by atoms with Crippen LogP contribution in [0.25, 0.3) is 0 Å². The first-order valence-corrected chi connectivity index (χ1v) is 7.58. The number of nitrogens with zero attached hydrogens (tertiary/aromatic N) is 1. The van der Waals surface area contributed by atoms with Crippen molar-refractivity contribution in [2.75, 3.05) is 11.9 Å². The van der Waals surface area contributed by atoms with Gasteiger partial charge in [0.2, 0.25) is 17.7 Å². The summed E-state index contributed by atoms with van der Waals surface area (Å²) in [5.74, 6) is -1.97. The van der Waals surface area contributed by atoms with Crippen LogP contribution in [0.5, 0.6) is 0 Å². The molecule has 2 aromatic carbocycles. The van der Waals surface area contributed by atoms with Gasteiger partial charge in [-0.05, 0) is 35.9 Å². The molecule has 4 amide bonds. The van der Waals surface area contributed by atoms with E-state index in [2.05, 4.69) is 5.32 Å². The zero-order valence-corrected chi connectivity index (χ0v) is 13.2. The third kappa shape index (κ3) is 3.40. The number of anilines is 1. The quantitative estimate of drug-likeness (QED) is 0.809. The molecule has 126 valence electrons. The largest absolute Gasteiger partial charge is 0.366 e. The number of primary amides is 1. The topological polar surface area (TPSA) is 110 Å². The van der Waals surface area contributed by atoms with Gasteiger partial charge in [-0.25, -0.2) is 0 Å². The second-order valence-electron chi connectivity index (χ2n) is 5.61. The molecule has 7 nitrogen and oxygen atoms in total. The fraction of sp³-hybridized carbons (Fsp3) is 0.111. The van der Waals surface area contributed by atoms with Gasteiger partial charge in [0.05, 0.1) is 6.42 Å². The Balaban J connectivity index is 1.69. The van der Waals surface area contributed by atoms with Crippen LogP contribution in [-0.2, 0) is 16.0 Å². The highest BCUT2D eigenvalue weighted by atomic mass is 16.2. The van der Waals surface area contributed by atoms with Crippen molar-refractivity contribution in [3.05, 3.63) is 65.2 Å². The summed E-state index contributed by atoms with van der Waals surface area (Å²) in [5.41, 5.74) is 7.00. The van der Waals surface area contributed by atoms with E-state index in [-0.39, 0.29) is 13.0 Å². The van der Waals surface area contributed by atoms with Crippen LogP contribution in [0, 0.1) is 0 Å². The van der Waals surface area contributed by atoms with E-state index in [1.807, 2.05) is 0 Å². The van der Waals surface area contributed by atoms with Gasteiger partial charge in [0, 0.05) is 16.8 Å². The fourth-order valence-corrected chi connectivity index (χ4v) is 2.62. The number of benzene rings is 2. The van der Waals surface area contributed by atoms with Crippen molar-refractivity contribution in [1.29, 1.82) is 0 Å². The number of nitrogens with one attached hydrogen (secondary N) is 1. The van der Waals surface area contributed by atoms with Gasteiger partial charge in [0.25, 0.3) is 5.91 Å². The average molecular weight is 337 g/mol. The van der Waals surface area contributed by atoms with Crippen LogP contribution in [0.15, 0.2) is 48.5 Å². The van der Waals surface area contributed by atoms with E-state index in [9.17, 15) is 19.2 Å². The lowest BCUT2D eigenvalue weighted by Crippen LogP contribution is -2.46. The van der Waals surface area contributed by atoms with Crippen molar-refractivity contribution in [2.45, 2.75) is 6.42 Å². The number of hydrogen-bond donors (Lipinski definition) is 2. The van der Waals surface area contributed by atoms with E-state index in [0.29, 0.717) is 22.4 Å². The maximum atomic E-state index is 12.4. The predicted molar refractivity (Wildman–Crippen MR) is 89.8 cm³/mol. The van der Waals surface area contributed by atoms with E-state index < -0.39 is 23.6 Å². The zero-order valence-electron chi connectivity index (χ0n) is 13.2. The predicted octanol–water partition coefficient (Wildman–Crippen LogP) is 0.949. The second kappa shape index (κ2) is 6.56. The van der Waals surface area contributed by atoms with Crippen molar-refractivity contribution in [3.8, 4) is 0 Å². The highest BCUT2D eigenvalue weighted by molar-refractivity contribution is 6.12. The molecule has 2 aromatic rings. The Bertz CT molecular complexity index is 874. The molecule has 0 aliphatic carbocycles. The van der Waals surface area contributed by atoms with E-state index in [1.165, 1.54) is 24.3 Å². The molecule has 0 radical (unpaired) electrons. The van der Waals surface area contributed by atoms with Crippen LogP contribution in [0.1, 0.15) is 26.3 Å². The molecule has 3 N–H and O–H groups in total. The van der Waals surface area contributed by atoms with Crippen molar-refractivity contribution < 1.29 is 19.2 Å². The summed E-state index contributed by atoms with van der Waals surface area (Å²) < 4.78 is 0. The molecule has 25 heavy (non-hydrogen) atoms. The van der Waals surface area contributed by atoms with Crippen molar-refractivity contribution >= 4 is 29.3 Å². The molecule has 0 atom stereocenters. The van der Waals surface area contributed by atoms with Gasteiger partial charge in [-0.3, -0.25) is 24.1 Å². The minimum Gasteiger partial charge on any atom is -0.366 e. The van der Waals surface area contributed by atoms with E-state index in [1.54, 1.807) is 24.3 Å². The third-order valence-corrected chi connectivity index (χ3v) is 3.89. The Labute approximate surface area is 143 Å². The summed E-state index contributed by atoms with van der Waals surface area (Å²) in [7, 11) is 0. The number of fused-ring (bicyclic) bond motifs is 1. The van der Waals surface area contributed by atoms with Crippen molar-refractivity contribution in [2.24, 2.45) is 5.73 Å². The Morgan fingerprint density at radius 3 is 2.40 bits per heavy atom. The van der Waals surface area contributed by atoms with Gasteiger partial charge in [0.15, 0.2) is 0 Å². The first-order chi connectivity index (χ1) is 12.0. The molecule has 1 aliphatic rings. The van der Waals surface area contributed by atoms with Crippen LogP contribution in [0.3, 0.4) is 0 Å². The minimum absolute atomic E-state index is 0.0858. The van der Waals surface area contributed by atoms with Gasteiger partial charge in [0.1, 0.15) is 6.54 Å². The number of carbonyl (C=O) groups is 4. The molecule has 3 rings (SSSR count). The average Bonchev–Trinajstić information content (AvgIpc) is 2.59. The first-order valence-electron chi connectivity index (χ1n) is 7.58. The summed E-state index contributed by atoms with van der Waals surface area (Å²) in [5, 5.41) is 2.58. The van der Waals surface area contributed by atoms with Gasteiger partial charge in [-0.1, -0.05) is 18.2 Å². The highest BCUT2D eigenvalue weighted by Crippen LogP contribution is 2.19. The molecule has 0 fully saturated rings. The van der Waals surface area contributed by atoms with E-state index in [4.69, 9.17) is 5.73 Å².